The van der Waals surface area contributed by atoms with Gasteiger partial charge in [-0.15, -0.1) is 0 Å². The van der Waals surface area contributed by atoms with Crippen molar-refractivity contribution in [1.82, 2.24) is 4.90 Å². The molecule has 2 aromatic rings. The van der Waals surface area contributed by atoms with E-state index >= 15 is 0 Å². The van der Waals surface area contributed by atoms with Crippen LogP contribution in [0.3, 0.4) is 0 Å². The lowest BCUT2D eigenvalue weighted by molar-refractivity contribution is -0.157. The van der Waals surface area contributed by atoms with Crippen LogP contribution in [0.4, 0.5) is 0 Å². The van der Waals surface area contributed by atoms with Gasteiger partial charge in [-0.05, 0) is 74.0 Å². The van der Waals surface area contributed by atoms with Gasteiger partial charge in [0, 0.05) is 5.54 Å². The molecule has 0 aliphatic heterocycles. The van der Waals surface area contributed by atoms with Crippen LogP contribution in [0.2, 0.25) is 0 Å². The van der Waals surface area contributed by atoms with E-state index in [9.17, 15) is 4.79 Å². The second kappa shape index (κ2) is 7.69. The predicted octanol–water partition coefficient (Wildman–Crippen LogP) is 4.63. The maximum Gasteiger partial charge on any atom is 0.264 e. The first-order valence-corrected chi connectivity index (χ1v) is 10.7. The molecule has 4 aliphatic carbocycles. The van der Waals surface area contributed by atoms with Gasteiger partial charge in [-0.2, -0.15) is 0 Å². The largest absolute Gasteiger partial charge is 0.467 e. The number of carbonyl (C=O) groups excluding carboxylic acids is 1. The summed E-state index contributed by atoms with van der Waals surface area (Å²) in [6.45, 7) is 0.482. The van der Waals surface area contributed by atoms with Crippen LogP contribution in [0.15, 0.2) is 58.3 Å². The average Bonchev–Trinajstić information content (AvgIpc) is 3.22. The van der Waals surface area contributed by atoms with Gasteiger partial charge in [0.25, 0.3) is 5.91 Å². The van der Waals surface area contributed by atoms with E-state index in [-0.39, 0.29) is 18.1 Å². The van der Waals surface area contributed by atoms with Crippen molar-refractivity contribution < 1.29 is 14.0 Å². The van der Waals surface area contributed by atoms with Crippen LogP contribution in [-0.2, 0) is 16.2 Å². The topological polar surface area (TPSA) is 55.0 Å². The minimum atomic E-state index is -0.0366. The molecule has 0 spiro atoms. The highest BCUT2D eigenvalue weighted by Crippen LogP contribution is 2.58. The highest BCUT2D eigenvalue weighted by molar-refractivity contribution is 5.80. The number of nitrogens with zero attached hydrogens (tertiary/aromatic N) is 2. The van der Waals surface area contributed by atoms with Gasteiger partial charge in [-0.25, -0.2) is 0 Å². The highest BCUT2D eigenvalue weighted by Gasteiger charge is 2.54. The van der Waals surface area contributed by atoms with E-state index in [0.717, 1.165) is 48.3 Å². The summed E-state index contributed by atoms with van der Waals surface area (Å²) in [5.41, 5.74) is 0.916. The summed E-state index contributed by atoms with van der Waals surface area (Å²) in [6.07, 6.45) is 10.7. The molecular weight excluding hydrogens is 364 g/mol. The van der Waals surface area contributed by atoms with Crippen molar-refractivity contribution in [2.75, 3.05) is 6.61 Å². The van der Waals surface area contributed by atoms with Gasteiger partial charge in [-0.1, -0.05) is 35.5 Å². The summed E-state index contributed by atoms with van der Waals surface area (Å²) in [5.74, 6) is 3.15. The Morgan fingerprint density at radius 3 is 2.38 bits per heavy atom. The third-order valence-corrected chi connectivity index (χ3v) is 7.04. The first-order chi connectivity index (χ1) is 14.2. The van der Waals surface area contributed by atoms with Crippen LogP contribution < -0.4 is 0 Å². The fraction of sp³-hybridized carbons (Fsp3) is 0.500. The van der Waals surface area contributed by atoms with E-state index < -0.39 is 0 Å². The standard InChI is InChI=1S/C24H28N2O3/c27-23(17-29-25-15-18-5-2-1-3-6-18)26(16-22-7-4-8-28-22)24-12-19-9-20(13-24)11-21(10-19)14-24/h1-8,15,19-21H,9-14,16-17H2/b25-15+. The van der Waals surface area contributed by atoms with Crippen LogP contribution in [0.25, 0.3) is 0 Å². The fourth-order valence-electron chi connectivity index (χ4n) is 6.28. The van der Waals surface area contributed by atoms with E-state index in [1.807, 2.05) is 42.5 Å². The van der Waals surface area contributed by atoms with E-state index in [1.54, 1.807) is 12.5 Å². The van der Waals surface area contributed by atoms with Gasteiger partial charge in [0.2, 0.25) is 0 Å². The molecule has 0 radical (unpaired) electrons. The molecule has 0 N–H and O–H groups in total. The minimum Gasteiger partial charge on any atom is -0.467 e. The molecule has 0 unspecified atom stereocenters. The van der Waals surface area contributed by atoms with E-state index in [4.69, 9.17) is 9.25 Å². The van der Waals surface area contributed by atoms with Crippen LogP contribution >= 0.6 is 0 Å². The molecule has 4 saturated carbocycles. The second-order valence-electron chi connectivity index (χ2n) is 9.12. The summed E-state index contributed by atoms with van der Waals surface area (Å²) < 4.78 is 5.60. The Morgan fingerprint density at radius 2 is 1.76 bits per heavy atom. The molecule has 0 atom stereocenters. The van der Waals surface area contributed by atoms with Gasteiger partial charge in [0.05, 0.1) is 19.0 Å². The molecule has 1 aromatic heterocycles. The smallest absolute Gasteiger partial charge is 0.264 e. The lowest BCUT2D eigenvalue weighted by Crippen LogP contribution is -2.61. The summed E-state index contributed by atoms with van der Waals surface area (Å²) in [7, 11) is 0. The Balaban J connectivity index is 1.31. The summed E-state index contributed by atoms with van der Waals surface area (Å²) in [5, 5.41) is 4.01. The van der Waals surface area contributed by atoms with Gasteiger partial charge in [-0.3, -0.25) is 4.79 Å². The monoisotopic (exact) mass is 392 g/mol. The molecule has 29 heavy (non-hydrogen) atoms. The molecule has 5 heteroatoms. The van der Waals surface area contributed by atoms with E-state index in [0.29, 0.717) is 6.54 Å². The highest BCUT2D eigenvalue weighted by atomic mass is 16.6. The quantitative estimate of drug-likeness (QED) is 0.510. The van der Waals surface area contributed by atoms with Crippen molar-refractivity contribution in [3.05, 3.63) is 60.1 Å². The molecule has 6 rings (SSSR count). The SMILES string of the molecule is O=C(CO/N=C/c1ccccc1)N(Cc1ccco1)C12CC3CC(CC(C3)C1)C2. The Morgan fingerprint density at radius 1 is 1.07 bits per heavy atom. The first kappa shape index (κ1) is 18.5. The lowest BCUT2D eigenvalue weighted by atomic mass is 9.52. The van der Waals surface area contributed by atoms with Crippen molar-refractivity contribution in [3.63, 3.8) is 0 Å². The Labute approximate surface area is 171 Å². The number of oxime groups is 1. The first-order valence-electron chi connectivity index (χ1n) is 10.7. The predicted molar refractivity (Wildman–Crippen MR) is 110 cm³/mol. The Kier molecular flexibility index (Phi) is 4.90. The Bertz CT molecular complexity index is 824. The maximum absolute atomic E-state index is 13.3. The van der Waals surface area contributed by atoms with Crippen LogP contribution in [-0.4, -0.2) is 29.2 Å². The number of furan rings is 1. The molecule has 152 valence electrons. The van der Waals surface area contributed by atoms with Crippen molar-refractivity contribution in [3.8, 4) is 0 Å². The van der Waals surface area contributed by atoms with E-state index in [2.05, 4.69) is 10.1 Å². The number of hydrogen-bond donors (Lipinski definition) is 0. The maximum atomic E-state index is 13.3. The normalized spacial score (nSPS) is 30.0. The summed E-state index contributed by atoms with van der Waals surface area (Å²) in [4.78, 5) is 20.8. The molecule has 4 bridgehead atoms. The third-order valence-electron chi connectivity index (χ3n) is 7.04. The summed E-state index contributed by atoms with van der Waals surface area (Å²) >= 11 is 0. The fourth-order valence-corrected chi connectivity index (χ4v) is 6.28. The number of rotatable bonds is 7. The third kappa shape index (κ3) is 3.83. The lowest BCUT2D eigenvalue weighted by Gasteiger charge is -2.60. The van der Waals surface area contributed by atoms with Gasteiger partial charge in [0.15, 0.2) is 6.61 Å². The van der Waals surface area contributed by atoms with Crippen LogP contribution in [0, 0.1) is 17.8 Å². The number of hydrogen-bond acceptors (Lipinski definition) is 4. The molecule has 4 aliphatic rings. The molecular formula is C24H28N2O3. The average molecular weight is 392 g/mol. The minimum absolute atomic E-state index is 0.00793. The van der Waals surface area contributed by atoms with E-state index in [1.165, 1.54) is 19.3 Å². The number of carbonyl (C=O) groups is 1. The van der Waals surface area contributed by atoms with Gasteiger partial charge in [0.1, 0.15) is 5.76 Å². The number of benzene rings is 1. The zero-order valence-electron chi connectivity index (χ0n) is 16.7. The van der Waals surface area contributed by atoms with Crippen LogP contribution in [0.5, 0.6) is 0 Å². The number of amides is 1. The molecule has 4 fully saturated rings. The molecule has 1 aromatic carbocycles. The molecule has 0 saturated heterocycles. The molecule has 5 nitrogen and oxygen atoms in total. The zero-order chi connectivity index (χ0) is 19.7. The van der Waals surface area contributed by atoms with Crippen molar-refractivity contribution >= 4 is 12.1 Å². The second-order valence-corrected chi connectivity index (χ2v) is 9.12. The van der Waals surface area contributed by atoms with Gasteiger partial charge >= 0.3 is 0 Å². The molecule has 1 amide bonds. The van der Waals surface area contributed by atoms with Gasteiger partial charge < -0.3 is 14.2 Å². The van der Waals surface area contributed by atoms with Crippen molar-refractivity contribution in [1.29, 1.82) is 0 Å². The van der Waals surface area contributed by atoms with Crippen molar-refractivity contribution in [2.45, 2.75) is 50.6 Å². The summed E-state index contributed by atoms with van der Waals surface area (Å²) in [6, 6.07) is 13.6. The van der Waals surface area contributed by atoms with Crippen molar-refractivity contribution in [2.24, 2.45) is 22.9 Å². The zero-order valence-corrected chi connectivity index (χ0v) is 16.7. The van der Waals surface area contributed by atoms with Crippen LogP contribution in [0.1, 0.15) is 49.8 Å². The molecule has 1 heterocycles. The Hall–Kier alpha value is -2.56.